The first-order valence-corrected chi connectivity index (χ1v) is 8.38. The molecule has 19 heavy (non-hydrogen) atoms. The summed E-state index contributed by atoms with van der Waals surface area (Å²) in [4.78, 5) is 4.36. The number of sulfonamides is 1. The number of hydrogen-bond donors (Lipinski definition) is 1. The third-order valence-electron chi connectivity index (χ3n) is 3.02. The van der Waals surface area contributed by atoms with Gasteiger partial charge < -0.3 is 4.40 Å². The fraction of sp³-hybridized carbons (Fsp3) is 0.417. The number of fused-ring (bicyclic) bond motifs is 1. The van der Waals surface area contributed by atoms with Gasteiger partial charge in [-0.3, -0.25) is 0 Å². The summed E-state index contributed by atoms with van der Waals surface area (Å²) in [5, 5.41) is -0.390. The van der Waals surface area contributed by atoms with E-state index in [1.807, 2.05) is 35.9 Å². The van der Waals surface area contributed by atoms with Crippen LogP contribution in [-0.4, -0.2) is 23.1 Å². The Morgan fingerprint density at radius 3 is 2.84 bits per heavy atom. The molecule has 0 saturated carbocycles. The van der Waals surface area contributed by atoms with Crippen LogP contribution < -0.4 is 4.72 Å². The van der Waals surface area contributed by atoms with Gasteiger partial charge in [0.2, 0.25) is 10.0 Å². The van der Waals surface area contributed by atoms with Crippen LogP contribution in [0.2, 0.25) is 0 Å². The van der Waals surface area contributed by atoms with Crippen LogP contribution in [0, 0.1) is 0 Å². The second-order valence-corrected chi connectivity index (χ2v) is 7.53. The van der Waals surface area contributed by atoms with Gasteiger partial charge in [-0.15, -0.1) is 0 Å². The predicted octanol–water partition coefficient (Wildman–Crippen LogP) is 2.31. The maximum absolute atomic E-state index is 11.9. The van der Waals surface area contributed by atoms with Gasteiger partial charge in [0, 0.05) is 16.9 Å². The first-order valence-electron chi connectivity index (χ1n) is 6.04. The zero-order chi connectivity index (χ0) is 14.0. The van der Waals surface area contributed by atoms with Crippen LogP contribution in [0.25, 0.3) is 5.65 Å². The molecule has 2 heterocycles. The maximum atomic E-state index is 11.9. The third-order valence-corrected chi connectivity index (χ3v) is 5.43. The Kier molecular flexibility index (Phi) is 4.27. The van der Waals surface area contributed by atoms with Crippen molar-refractivity contribution in [3.05, 3.63) is 34.7 Å². The number of rotatable bonds is 5. The van der Waals surface area contributed by atoms with Crippen molar-refractivity contribution in [3.63, 3.8) is 0 Å². The number of pyridine rings is 1. The Labute approximate surface area is 121 Å². The van der Waals surface area contributed by atoms with E-state index in [2.05, 4.69) is 25.6 Å². The number of hydrogen-bond acceptors (Lipinski definition) is 3. The molecule has 2 rings (SSSR count). The summed E-state index contributed by atoms with van der Waals surface area (Å²) < 4.78 is 29.1. The summed E-state index contributed by atoms with van der Waals surface area (Å²) >= 11 is 3.38. The maximum Gasteiger partial charge on any atom is 0.214 e. The van der Waals surface area contributed by atoms with E-state index in [9.17, 15) is 8.42 Å². The largest absolute Gasteiger partial charge is 0.306 e. The van der Waals surface area contributed by atoms with Gasteiger partial charge in [0.05, 0.1) is 17.5 Å². The number of aromatic nitrogens is 2. The highest BCUT2D eigenvalue weighted by Crippen LogP contribution is 2.13. The molecular formula is C12H16BrN3O2S. The molecule has 0 amide bonds. The van der Waals surface area contributed by atoms with Crippen LogP contribution in [0.15, 0.2) is 29.0 Å². The van der Waals surface area contributed by atoms with Crippen molar-refractivity contribution in [2.75, 3.05) is 0 Å². The number of halogens is 1. The second-order valence-electron chi connectivity index (χ2n) is 4.43. The molecule has 104 valence electrons. The topological polar surface area (TPSA) is 63.5 Å². The van der Waals surface area contributed by atoms with Gasteiger partial charge in [0.25, 0.3) is 0 Å². The van der Waals surface area contributed by atoms with Gasteiger partial charge in [0.15, 0.2) is 0 Å². The number of nitrogens with one attached hydrogen (secondary N) is 1. The van der Waals surface area contributed by atoms with Crippen LogP contribution in [0.4, 0.5) is 0 Å². The SMILES string of the molecule is CC[C@H](C)S(=O)(=O)NCc1cn2cc(Br)ccc2n1. The Morgan fingerprint density at radius 1 is 1.42 bits per heavy atom. The van der Waals surface area contributed by atoms with Gasteiger partial charge in [0.1, 0.15) is 5.65 Å². The molecule has 0 aromatic carbocycles. The molecule has 0 aliphatic rings. The summed E-state index contributed by atoms with van der Waals surface area (Å²) in [5.74, 6) is 0. The number of nitrogens with zero attached hydrogens (tertiary/aromatic N) is 2. The summed E-state index contributed by atoms with van der Waals surface area (Å²) in [7, 11) is -3.26. The van der Waals surface area contributed by atoms with Crippen molar-refractivity contribution in [1.29, 1.82) is 0 Å². The molecule has 2 aromatic rings. The van der Waals surface area contributed by atoms with Gasteiger partial charge in [-0.1, -0.05) is 6.92 Å². The standard InChI is InChI=1S/C12H16BrN3O2S/c1-3-9(2)19(17,18)14-6-11-8-16-7-10(13)4-5-12(16)15-11/h4-5,7-9,14H,3,6H2,1-2H3/t9-/m0/s1. The molecule has 0 spiro atoms. The summed E-state index contributed by atoms with van der Waals surface area (Å²) in [6.45, 7) is 3.77. The first-order chi connectivity index (χ1) is 8.92. The van der Waals surface area contributed by atoms with Gasteiger partial charge >= 0.3 is 0 Å². The smallest absolute Gasteiger partial charge is 0.214 e. The molecule has 0 aliphatic heterocycles. The molecule has 2 aromatic heterocycles. The van der Waals surface area contributed by atoms with Crippen molar-refractivity contribution in [1.82, 2.24) is 14.1 Å². The molecular weight excluding hydrogens is 330 g/mol. The zero-order valence-corrected chi connectivity index (χ0v) is 13.2. The summed E-state index contributed by atoms with van der Waals surface area (Å²) in [6, 6.07) is 3.77. The van der Waals surface area contributed by atoms with E-state index in [1.165, 1.54) is 0 Å². The highest BCUT2D eigenvalue weighted by molar-refractivity contribution is 9.10. The van der Waals surface area contributed by atoms with E-state index >= 15 is 0 Å². The Bertz CT molecular complexity index is 681. The Hall–Kier alpha value is -0.920. The lowest BCUT2D eigenvalue weighted by atomic mass is 10.4. The Morgan fingerprint density at radius 2 is 2.16 bits per heavy atom. The van der Waals surface area contributed by atoms with E-state index in [4.69, 9.17) is 0 Å². The molecule has 7 heteroatoms. The fourth-order valence-electron chi connectivity index (χ4n) is 1.64. The lowest BCUT2D eigenvalue weighted by molar-refractivity contribution is 0.565. The highest BCUT2D eigenvalue weighted by atomic mass is 79.9. The Balaban J connectivity index is 2.14. The van der Waals surface area contributed by atoms with E-state index in [1.54, 1.807) is 6.92 Å². The van der Waals surface area contributed by atoms with E-state index in [-0.39, 0.29) is 6.54 Å². The minimum Gasteiger partial charge on any atom is -0.306 e. The lowest BCUT2D eigenvalue weighted by Gasteiger charge is -2.10. The third kappa shape index (κ3) is 3.34. The van der Waals surface area contributed by atoms with Gasteiger partial charge in [-0.2, -0.15) is 0 Å². The van der Waals surface area contributed by atoms with Crippen LogP contribution in [-0.2, 0) is 16.6 Å². The molecule has 1 atom stereocenters. The van der Waals surface area contributed by atoms with Crippen LogP contribution in [0.5, 0.6) is 0 Å². The van der Waals surface area contributed by atoms with Crippen molar-refractivity contribution in [2.24, 2.45) is 0 Å². The van der Waals surface area contributed by atoms with E-state index in [0.717, 1.165) is 10.1 Å². The predicted molar refractivity (Wildman–Crippen MR) is 78.4 cm³/mol. The summed E-state index contributed by atoms with van der Waals surface area (Å²) in [5.41, 5.74) is 1.49. The zero-order valence-electron chi connectivity index (χ0n) is 10.8. The average Bonchev–Trinajstić information content (AvgIpc) is 2.77. The van der Waals surface area contributed by atoms with Crippen molar-refractivity contribution in [3.8, 4) is 0 Å². The van der Waals surface area contributed by atoms with Crippen LogP contribution in [0.3, 0.4) is 0 Å². The molecule has 0 fully saturated rings. The quantitative estimate of drug-likeness (QED) is 0.904. The van der Waals surface area contributed by atoms with Crippen molar-refractivity contribution < 1.29 is 8.42 Å². The molecule has 0 radical (unpaired) electrons. The van der Waals surface area contributed by atoms with Gasteiger partial charge in [-0.05, 0) is 41.4 Å². The molecule has 0 unspecified atom stereocenters. The molecule has 1 N–H and O–H groups in total. The minimum atomic E-state index is -3.26. The van der Waals surface area contributed by atoms with Gasteiger partial charge in [-0.25, -0.2) is 18.1 Å². The highest BCUT2D eigenvalue weighted by Gasteiger charge is 2.18. The van der Waals surface area contributed by atoms with Crippen molar-refractivity contribution >= 4 is 31.6 Å². The fourth-order valence-corrected chi connectivity index (χ4v) is 3.06. The molecule has 0 saturated heterocycles. The lowest BCUT2D eigenvalue weighted by Crippen LogP contribution is -2.31. The van der Waals surface area contributed by atoms with Crippen molar-refractivity contribution in [2.45, 2.75) is 32.1 Å². The second kappa shape index (κ2) is 5.60. The minimum absolute atomic E-state index is 0.214. The number of imidazole rings is 1. The normalized spacial score (nSPS) is 13.8. The average molecular weight is 346 g/mol. The monoisotopic (exact) mass is 345 g/mol. The molecule has 0 bridgehead atoms. The molecule has 5 nitrogen and oxygen atoms in total. The van der Waals surface area contributed by atoms with Crippen LogP contribution >= 0.6 is 15.9 Å². The van der Waals surface area contributed by atoms with E-state index in [0.29, 0.717) is 12.1 Å². The summed E-state index contributed by atoms with van der Waals surface area (Å²) in [6.07, 6.45) is 4.29. The molecule has 0 aliphatic carbocycles. The van der Waals surface area contributed by atoms with E-state index < -0.39 is 15.3 Å². The first kappa shape index (κ1) is 14.5. The van der Waals surface area contributed by atoms with Crippen LogP contribution in [0.1, 0.15) is 26.0 Å².